The molecule has 0 nitrogen and oxygen atoms in total. The third-order valence-electron chi connectivity index (χ3n) is 3.03. The highest BCUT2D eigenvalue weighted by atomic mass is 19.1. The molecule has 0 unspecified atom stereocenters. The Hall–Kier alpha value is -0.850. The van der Waals surface area contributed by atoms with Crippen molar-refractivity contribution < 1.29 is 4.39 Å². The standard InChI is InChI=1S/C15H23F/c1-5-12-8-9-14(15(2,3)4)11-13(12)7-6-10-16/h8-9,11H,5-7,10H2,1-4H3. The van der Waals surface area contributed by atoms with Crippen LogP contribution >= 0.6 is 0 Å². The van der Waals surface area contributed by atoms with Gasteiger partial charge in [0.05, 0.1) is 6.67 Å². The van der Waals surface area contributed by atoms with E-state index in [-0.39, 0.29) is 12.1 Å². The van der Waals surface area contributed by atoms with Crippen molar-refractivity contribution in [3.63, 3.8) is 0 Å². The normalized spacial score (nSPS) is 11.8. The molecule has 0 fully saturated rings. The molecule has 0 amide bonds. The molecule has 0 saturated heterocycles. The van der Waals surface area contributed by atoms with E-state index in [1.54, 1.807) is 0 Å². The van der Waals surface area contributed by atoms with Gasteiger partial charge >= 0.3 is 0 Å². The first-order chi connectivity index (χ1) is 7.49. The average Bonchev–Trinajstić information content (AvgIpc) is 2.24. The Morgan fingerprint density at radius 3 is 2.31 bits per heavy atom. The van der Waals surface area contributed by atoms with Gasteiger partial charge in [-0.1, -0.05) is 45.9 Å². The summed E-state index contributed by atoms with van der Waals surface area (Å²) in [5.74, 6) is 0. The van der Waals surface area contributed by atoms with Gasteiger partial charge in [-0.3, -0.25) is 4.39 Å². The highest BCUT2D eigenvalue weighted by Crippen LogP contribution is 2.25. The maximum Gasteiger partial charge on any atom is 0.0897 e. The number of alkyl halides is 1. The molecular weight excluding hydrogens is 199 g/mol. The van der Waals surface area contributed by atoms with Gasteiger partial charge in [-0.05, 0) is 41.4 Å². The Labute approximate surface area is 98.9 Å². The summed E-state index contributed by atoms with van der Waals surface area (Å²) in [6.45, 7) is 8.58. The minimum absolute atomic E-state index is 0.177. The SMILES string of the molecule is CCc1ccc(C(C)(C)C)cc1CCCF. The molecule has 90 valence electrons. The van der Waals surface area contributed by atoms with Gasteiger partial charge in [0.1, 0.15) is 0 Å². The topological polar surface area (TPSA) is 0 Å². The van der Waals surface area contributed by atoms with Crippen molar-refractivity contribution in [2.45, 2.75) is 52.4 Å². The van der Waals surface area contributed by atoms with E-state index in [4.69, 9.17) is 0 Å². The van der Waals surface area contributed by atoms with Crippen molar-refractivity contribution >= 4 is 0 Å². The smallest absolute Gasteiger partial charge is 0.0897 e. The molecule has 0 bridgehead atoms. The second kappa shape index (κ2) is 5.47. The molecule has 0 atom stereocenters. The molecule has 0 aliphatic heterocycles. The van der Waals surface area contributed by atoms with Gasteiger partial charge in [0.15, 0.2) is 0 Å². The Morgan fingerprint density at radius 1 is 1.12 bits per heavy atom. The molecule has 0 aliphatic rings. The quantitative estimate of drug-likeness (QED) is 0.706. The van der Waals surface area contributed by atoms with Crippen molar-refractivity contribution in [1.29, 1.82) is 0 Å². The molecular formula is C15H23F. The first-order valence-electron chi connectivity index (χ1n) is 6.17. The van der Waals surface area contributed by atoms with Crippen molar-refractivity contribution in [3.05, 3.63) is 34.9 Å². The number of rotatable bonds is 4. The minimum atomic E-state index is -0.219. The molecule has 0 radical (unpaired) electrons. The van der Waals surface area contributed by atoms with Gasteiger partial charge < -0.3 is 0 Å². The van der Waals surface area contributed by atoms with Crippen LogP contribution in [0, 0.1) is 0 Å². The van der Waals surface area contributed by atoms with Crippen molar-refractivity contribution in [3.8, 4) is 0 Å². The van der Waals surface area contributed by atoms with Crippen LogP contribution in [-0.2, 0) is 18.3 Å². The summed E-state index contributed by atoms with van der Waals surface area (Å²) in [5.41, 5.74) is 4.21. The fraction of sp³-hybridized carbons (Fsp3) is 0.600. The maximum atomic E-state index is 12.2. The molecule has 1 aromatic rings. The van der Waals surface area contributed by atoms with Crippen LogP contribution < -0.4 is 0 Å². The molecule has 1 aromatic carbocycles. The lowest BCUT2D eigenvalue weighted by atomic mass is 9.84. The molecule has 0 N–H and O–H groups in total. The van der Waals surface area contributed by atoms with Gasteiger partial charge in [0.2, 0.25) is 0 Å². The minimum Gasteiger partial charge on any atom is -0.251 e. The van der Waals surface area contributed by atoms with Crippen LogP contribution in [0.25, 0.3) is 0 Å². The van der Waals surface area contributed by atoms with Crippen LogP contribution in [0.1, 0.15) is 50.8 Å². The van der Waals surface area contributed by atoms with Crippen molar-refractivity contribution in [2.24, 2.45) is 0 Å². The highest BCUT2D eigenvalue weighted by molar-refractivity contribution is 5.35. The first-order valence-corrected chi connectivity index (χ1v) is 6.17. The van der Waals surface area contributed by atoms with Crippen LogP contribution in [0.15, 0.2) is 18.2 Å². The lowest BCUT2D eigenvalue weighted by Gasteiger charge is -2.21. The zero-order valence-electron chi connectivity index (χ0n) is 10.9. The van der Waals surface area contributed by atoms with E-state index in [9.17, 15) is 4.39 Å². The Balaban J connectivity index is 3.01. The number of aryl methyl sites for hydroxylation is 2. The molecule has 16 heavy (non-hydrogen) atoms. The van der Waals surface area contributed by atoms with Crippen LogP contribution in [0.3, 0.4) is 0 Å². The number of hydrogen-bond donors (Lipinski definition) is 0. The lowest BCUT2D eigenvalue weighted by Crippen LogP contribution is -2.12. The van der Waals surface area contributed by atoms with E-state index in [2.05, 4.69) is 45.9 Å². The summed E-state index contributed by atoms with van der Waals surface area (Å²) < 4.78 is 12.2. The summed E-state index contributed by atoms with van der Waals surface area (Å²) >= 11 is 0. The van der Waals surface area contributed by atoms with E-state index in [1.165, 1.54) is 16.7 Å². The maximum absolute atomic E-state index is 12.2. The Kier molecular flexibility index (Phi) is 4.52. The van der Waals surface area contributed by atoms with Gasteiger partial charge in [-0.2, -0.15) is 0 Å². The molecule has 0 spiro atoms. The van der Waals surface area contributed by atoms with Crippen molar-refractivity contribution in [2.75, 3.05) is 6.67 Å². The second-order valence-corrected chi connectivity index (χ2v) is 5.38. The largest absolute Gasteiger partial charge is 0.251 e. The second-order valence-electron chi connectivity index (χ2n) is 5.38. The average molecular weight is 222 g/mol. The molecule has 0 aliphatic carbocycles. The monoisotopic (exact) mass is 222 g/mol. The summed E-state index contributed by atoms with van der Waals surface area (Å²) in [7, 11) is 0. The fourth-order valence-electron chi connectivity index (χ4n) is 1.93. The predicted octanol–water partition coefficient (Wildman–Crippen LogP) is 4.45. The number of hydrogen-bond acceptors (Lipinski definition) is 0. The third kappa shape index (κ3) is 3.33. The van der Waals surface area contributed by atoms with Crippen LogP contribution in [-0.4, -0.2) is 6.67 Å². The lowest BCUT2D eigenvalue weighted by molar-refractivity contribution is 0.472. The molecule has 1 rings (SSSR count). The van der Waals surface area contributed by atoms with E-state index in [0.717, 1.165) is 12.8 Å². The Morgan fingerprint density at radius 2 is 1.81 bits per heavy atom. The van der Waals surface area contributed by atoms with Gasteiger partial charge in [-0.15, -0.1) is 0 Å². The van der Waals surface area contributed by atoms with Gasteiger partial charge in [-0.25, -0.2) is 0 Å². The molecule has 1 heteroatoms. The molecule has 0 heterocycles. The van der Waals surface area contributed by atoms with Crippen LogP contribution in [0.5, 0.6) is 0 Å². The predicted molar refractivity (Wildman–Crippen MR) is 68.8 cm³/mol. The summed E-state index contributed by atoms with van der Waals surface area (Å²) in [5, 5.41) is 0. The first kappa shape index (κ1) is 13.2. The number of benzene rings is 1. The molecule has 0 aromatic heterocycles. The van der Waals surface area contributed by atoms with E-state index in [1.807, 2.05) is 0 Å². The van der Waals surface area contributed by atoms with E-state index >= 15 is 0 Å². The van der Waals surface area contributed by atoms with E-state index < -0.39 is 0 Å². The Bertz CT molecular complexity index is 334. The van der Waals surface area contributed by atoms with Crippen LogP contribution in [0.4, 0.5) is 4.39 Å². The zero-order valence-corrected chi connectivity index (χ0v) is 10.9. The third-order valence-corrected chi connectivity index (χ3v) is 3.03. The highest BCUT2D eigenvalue weighted by Gasteiger charge is 2.14. The van der Waals surface area contributed by atoms with Gasteiger partial charge in [0, 0.05) is 0 Å². The summed E-state index contributed by atoms with van der Waals surface area (Å²) in [4.78, 5) is 0. The van der Waals surface area contributed by atoms with Gasteiger partial charge in [0.25, 0.3) is 0 Å². The van der Waals surface area contributed by atoms with Crippen molar-refractivity contribution in [1.82, 2.24) is 0 Å². The summed E-state index contributed by atoms with van der Waals surface area (Å²) in [6, 6.07) is 6.67. The van der Waals surface area contributed by atoms with Crippen LogP contribution in [0.2, 0.25) is 0 Å². The molecule has 0 saturated carbocycles. The van der Waals surface area contributed by atoms with E-state index in [0.29, 0.717) is 6.42 Å². The zero-order chi connectivity index (χ0) is 12.2. The summed E-state index contributed by atoms with van der Waals surface area (Å²) in [6.07, 6.45) is 2.54. The number of halogens is 1. The fourth-order valence-corrected chi connectivity index (χ4v) is 1.93.